The molecular weight excluding hydrogens is 508 g/mol. The first kappa shape index (κ1) is 31.9. The van der Waals surface area contributed by atoms with E-state index in [1.165, 1.54) is 12.0 Å². The molecule has 40 heavy (non-hydrogen) atoms. The van der Waals surface area contributed by atoms with E-state index >= 15 is 0 Å². The first-order chi connectivity index (χ1) is 18.8. The van der Waals surface area contributed by atoms with Crippen LogP contribution in [0.3, 0.4) is 0 Å². The van der Waals surface area contributed by atoms with Gasteiger partial charge < -0.3 is 35.4 Å². The number of rotatable bonds is 8. The van der Waals surface area contributed by atoms with E-state index in [0.717, 1.165) is 56.1 Å². The maximum Gasteiger partial charge on any atom is 0.198 e. The van der Waals surface area contributed by atoms with Gasteiger partial charge in [-0.15, -0.1) is 0 Å². The SMILES string of the molecule is C=C1CCC(O)C/C1=C/C=C1\CCCC2(C)[C@H]1C(C1(O)O[C@H](CO)[C@@H](O)[C@H](O)[C@H]1O)C[C@@H]2[C@H](C)CCCC(C)C. The van der Waals surface area contributed by atoms with Crippen molar-refractivity contribution in [2.45, 2.75) is 128 Å². The highest BCUT2D eigenvalue weighted by atomic mass is 16.7. The minimum absolute atomic E-state index is 0.112. The summed E-state index contributed by atoms with van der Waals surface area (Å²) in [4.78, 5) is 0. The van der Waals surface area contributed by atoms with E-state index < -0.39 is 42.7 Å². The number of fused-ring (bicyclic) bond motifs is 1. The molecule has 4 aliphatic rings. The molecule has 0 bridgehead atoms. The normalized spacial score (nSPS) is 45.3. The lowest BCUT2D eigenvalue weighted by molar-refractivity contribution is -0.371. The summed E-state index contributed by atoms with van der Waals surface area (Å²) in [5, 5.41) is 64.6. The van der Waals surface area contributed by atoms with Crippen LogP contribution >= 0.6 is 0 Å². The Hall–Kier alpha value is -1.06. The molecule has 4 rings (SSSR count). The lowest BCUT2D eigenvalue weighted by atomic mass is 9.59. The van der Waals surface area contributed by atoms with E-state index in [1.807, 2.05) is 0 Å². The molecule has 6 N–H and O–H groups in total. The lowest BCUT2D eigenvalue weighted by Gasteiger charge is -2.52. The van der Waals surface area contributed by atoms with Crippen LogP contribution in [0, 0.1) is 35.0 Å². The standard InChI is InChI=1S/C33H54O7/c1-19(2)8-6-9-21(4)25-17-26(33(39)31(38)30(37)29(36)27(18-34)40-33)28-22(10-7-15-32(25,28)5)12-13-23-16-24(35)14-11-20(23)3/h12-13,19,21,24-31,34-39H,3,6-11,14-18H2,1-2,4-5H3/b22-12+,23-13-/t21-,24?,25-,26?,27-,28-,29-,30+,31-,32?,33?/m1/s1. The molecule has 3 saturated carbocycles. The number of hydrogen-bond donors (Lipinski definition) is 6. The largest absolute Gasteiger partial charge is 0.394 e. The van der Waals surface area contributed by atoms with Gasteiger partial charge in [-0.2, -0.15) is 0 Å². The molecule has 11 atom stereocenters. The zero-order valence-electron chi connectivity index (χ0n) is 25.0. The fourth-order valence-electron chi connectivity index (χ4n) is 8.63. The number of aliphatic hydroxyl groups excluding tert-OH is 5. The van der Waals surface area contributed by atoms with Crippen LogP contribution < -0.4 is 0 Å². The minimum Gasteiger partial charge on any atom is -0.394 e. The summed E-state index contributed by atoms with van der Waals surface area (Å²) >= 11 is 0. The van der Waals surface area contributed by atoms with Crippen molar-refractivity contribution < 1.29 is 35.4 Å². The monoisotopic (exact) mass is 562 g/mol. The van der Waals surface area contributed by atoms with Gasteiger partial charge in [0.15, 0.2) is 5.79 Å². The van der Waals surface area contributed by atoms with Gasteiger partial charge in [-0.1, -0.05) is 76.8 Å². The van der Waals surface area contributed by atoms with E-state index in [0.29, 0.717) is 24.7 Å². The summed E-state index contributed by atoms with van der Waals surface area (Å²) in [7, 11) is 0. The predicted octanol–water partition coefficient (Wildman–Crippen LogP) is 4.01. The molecule has 0 spiro atoms. The molecule has 1 saturated heterocycles. The lowest BCUT2D eigenvalue weighted by Crippen LogP contribution is -2.68. The van der Waals surface area contributed by atoms with Gasteiger partial charge in [-0.3, -0.25) is 0 Å². The van der Waals surface area contributed by atoms with Crippen LogP contribution in [0.4, 0.5) is 0 Å². The summed E-state index contributed by atoms with van der Waals surface area (Å²) in [6.07, 6.45) is 6.82. The van der Waals surface area contributed by atoms with Crippen LogP contribution in [-0.2, 0) is 4.74 Å². The molecule has 3 aliphatic carbocycles. The number of allylic oxidation sites excluding steroid dienone is 4. The van der Waals surface area contributed by atoms with Gasteiger partial charge in [0.1, 0.15) is 24.4 Å². The van der Waals surface area contributed by atoms with Crippen molar-refractivity contribution in [2.24, 2.45) is 35.0 Å². The third-order valence-corrected chi connectivity index (χ3v) is 10.9. The molecule has 4 fully saturated rings. The molecule has 0 aromatic rings. The molecule has 228 valence electrons. The van der Waals surface area contributed by atoms with Crippen LogP contribution in [0.15, 0.2) is 35.5 Å². The van der Waals surface area contributed by atoms with Crippen molar-refractivity contribution in [3.8, 4) is 0 Å². The van der Waals surface area contributed by atoms with Gasteiger partial charge in [0.05, 0.1) is 12.7 Å². The number of ether oxygens (including phenoxy) is 1. The maximum atomic E-state index is 12.1. The first-order valence-electron chi connectivity index (χ1n) is 15.6. The Morgan fingerprint density at radius 3 is 2.45 bits per heavy atom. The second-order valence-corrected chi connectivity index (χ2v) is 14.0. The Morgan fingerprint density at radius 1 is 1.05 bits per heavy atom. The summed E-state index contributed by atoms with van der Waals surface area (Å²) in [5.74, 6) is -1.43. The Labute approximate surface area is 240 Å². The van der Waals surface area contributed by atoms with E-state index in [1.54, 1.807) is 0 Å². The molecule has 7 heteroatoms. The smallest absolute Gasteiger partial charge is 0.198 e. The minimum atomic E-state index is -2.11. The average Bonchev–Trinajstić information content (AvgIpc) is 3.24. The van der Waals surface area contributed by atoms with Gasteiger partial charge in [-0.05, 0) is 79.6 Å². The summed E-state index contributed by atoms with van der Waals surface area (Å²) < 4.78 is 5.97. The molecule has 1 aliphatic heterocycles. The highest BCUT2D eigenvalue weighted by Crippen LogP contribution is 2.65. The second-order valence-electron chi connectivity index (χ2n) is 14.0. The molecule has 0 amide bonds. The van der Waals surface area contributed by atoms with Crippen molar-refractivity contribution in [3.05, 3.63) is 35.5 Å². The quantitative estimate of drug-likeness (QED) is 0.264. The van der Waals surface area contributed by atoms with Crippen LogP contribution in [0.1, 0.15) is 91.9 Å². The zero-order valence-corrected chi connectivity index (χ0v) is 25.0. The predicted molar refractivity (Wildman–Crippen MR) is 155 cm³/mol. The van der Waals surface area contributed by atoms with Crippen molar-refractivity contribution in [1.82, 2.24) is 0 Å². The fraction of sp³-hybridized carbons (Fsp3) is 0.818. The number of hydrogen-bond acceptors (Lipinski definition) is 7. The summed E-state index contributed by atoms with van der Waals surface area (Å²) in [6.45, 7) is 12.8. The van der Waals surface area contributed by atoms with Gasteiger partial charge in [0.25, 0.3) is 0 Å². The summed E-state index contributed by atoms with van der Waals surface area (Å²) in [6, 6.07) is 0. The second kappa shape index (κ2) is 12.7. The van der Waals surface area contributed by atoms with E-state index in [4.69, 9.17) is 4.74 Å². The Morgan fingerprint density at radius 2 is 1.77 bits per heavy atom. The van der Waals surface area contributed by atoms with Crippen LogP contribution in [0.25, 0.3) is 0 Å². The highest BCUT2D eigenvalue weighted by Gasteiger charge is 2.66. The van der Waals surface area contributed by atoms with E-state index in [-0.39, 0.29) is 23.4 Å². The third kappa shape index (κ3) is 6.03. The molecule has 1 heterocycles. The average molecular weight is 563 g/mol. The van der Waals surface area contributed by atoms with Crippen LogP contribution in [0.5, 0.6) is 0 Å². The van der Waals surface area contributed by atoms with Gasteiger partial charge in [0, 0.05) is 5.92 Å². The van der Waals surface area contributed by atoms with Crippen LogP contribution in [-0.4, -0.2) is 73.6 Å². The van der Waals surface area contributed by atoms with Gasteiger partial charge >= 0.3 is 0 Å². The molecule has 7 nitrogen and oxygen atoms in total. The van der Waals surface area contributed by atoms with Gasteiger partial charge in [-0.25, -0.2) is 0 Å². The molecular formula is C33H54O7. The molecule has 0 aromatic carbocycles. The molecule has 0 radical (unpaired) electrons. The van der Waals surface area contributed by atoms with Crippen molar-refractivity contribution in [2.75, 3.05) is 6.61 Å². The van der Waals surface area contributed by atoms with E-state index in [2.05, 4.69) is 46.4 Å². The topological polar surface area (TPSA) is 131 Å². The van der Waals surface area contributed by atoms with Gasteiger partial charge in [0.2, 0.25) is 0 Å². The van der Waals surface area contributed by atoms with Crippen molar-refractivity contribution in [3.63, 3.8) is 0 Å². The highest BCUT2D eigenvalue weighted by molar-refractivity contribution is 5.36. The Bertz CT molecular complexity index is 956. The fourth-order valence-corrected chi connectivity index (χ4v) is 8.63. The Balaban J connectivity index is 1.74. The van der Waals surface area contributed by atoms with Crippen molar-refractivity contribution in [1.29, 1.82) is 0 Å². The number of aliphatic hydroxyl groups is 6. The third-order valence-electron chi connectivity index (χ3n) is 10.9. The summed E-state index contributed by atoms with van der Waals surface area (Å²) in [5.41, 5.74) is 3.13. The van der Waals surface area contributed by atoms with Crippen molar-refractivity contribution >= 4 is 0 Å². The Kier molecular flexibility index (Phi) is 10.1. The van der Waals surface area contributed by atoms with E-state index in [9.17, 15) is 30.6 Å². The zero-order chi connectivity index (χ0) is 29.4. The molecule has 4 unspecified atom stereocenters. The first-order valence-corrected chi connectivity index (χ1v) is 15.6. The van der Waals surface area contributed by atoms with Crippen LogP contribution in [0.2, 0.25) is 0 Å². The molecule has 0 aromatic heterocycles. The maximum absolute atomic E-state index is 12.1.